The first kappa shape index (κ1) is 8.63. The first-order valence-corrected chi connectivity index (χ1v) is 4.38. The highest BCUT2D eigenvalue weighted by atomic mass is 19.1. The summed E-state index contributed by atoms with van der Waals surface area (Å²) in [7, 11) is 0. The van der Waals surface area contributed by atoms with Crippen LogP contribution in [0, 0.1) is 17.6 Å². The van der Waals surface area contributed by atoms with E-state index in [1.807, 2.05) is 0 Å². The molecule has 13 heavy (non-hydrogen) atoms. The lowest BCUT2D eigenvalue weighted by atomic mass is 10.0. The number of hydrogen-bond donors (Lipinski definition) is 1. The topological polar surface area (TPSA) is 26.0 Å². The Morgan fingerprint density at radius 2 is 1.69 bits per heavy atom. The molecule has 2 N–H and O–H groups in total. The predicted octanol–water partition coefficient (Wildman–Crippen LogP) is 2.37. The molecule has 0 bridgehead atoms. The van der Waals surface area contributed by atoms with Gasteiger partial charge in [-0.15, -0.1) is 0 Å². The summed E-state index contributed by atoms with van der Waals surface area (Å²) in [6.45, 7) is 0. The molecule has 1 atom stereocenters. The lowest BCUT2D eigenvalue weighted by Gasteiger charge is -2.10. The summed E-state index contributed by atoms with van der Waals surface area (Å²) in [4.78, 5) is 0. The van der Waals surface area contributed by atoms with Crippen molar-refractivity contribution in [3.8, 4) is 0 Å². The van der Waals surface area contributed by atoms with E-state index < -0.39 is 11.6 Å². The quantitative estimate of drug-likeness (QED) is 0.748. The van der Waals surface area contributed by atoms with Crippen LogP contribution in [0.25, 0.3) is 0 Å². The molecule has 0 spiro atoms. The largest absolute Gasteiger partial charge is 0.324 e. The molecule has 0 radical (unpaired) electrons. The molecular formula is C10H11F2N. The first-order chi connectivity index (χ1) is 6.16. The Balaban J connectivity index is 2.27. The molecule has 1 aliphatic rings. The second-order valence-corrected chi connectivity index (χ2v) is 3.57. The Hall–Kier alpha value is -0.960. The third-order valence-corrected chi connectivity index (χ3v) is 2.40. The summed E-state index contributed by atoms with van der Waals surface area (Å²) in [6, 6.07) is 3.28. The normalized spacial score (nSPS) is 18.7. The average molecular weight is 183 g/mol. The van der Waals surface area contributed by atoms with Crippen LogP contribution in [-0.2, 0) is 0 Å². The van der Waals surface area contributed by atoms with Gasteiger partial charge >= 0.3 is 0 Å². The van der Waals surface area contributed by atoms with Crippen LogP contribution in [0.1, 0.15) is 24.4 Å². The fourth-order valence-corrected chi connectivity index (χ4v) is 1.50. The van der Waals surface area contributed by atoms with Gasteiger partial charge in [-0.3, -0.25) is 0 Å². The van der Waals surface area contributed by atoms with Crippen LogP contribution >= 0.6 is 0 Å². The van der Waals surface area contributed by atoms with Crippen molar-refractivity contribution in [1.29, 1.82) is 0 Å². The zero-order chi connectivity index (χ0) is 9.42. The molecule has 1 saturated carbocycles. The van der Waals surface area contributed by atoms with E-state index in [9.17, 15) is 8.78 Å². The smallest absolute Gasteiger partial charge is 0.126 e. The maximum absolute atomic E-state index is 12.8. The average Bonchev–Trinajstić information content (AvgIpc) is 2.83. The van der Waals surface area contributed by atoms with Crippen molar-refractivity contribution in [2.75, 3.05) is 0 Å². The Morgan fingerprint density at radius 3 is 2.15 bits per heavy atom. The molecule has 1 aromatic rings. The molecule has 1 aromatic carbocycles. The minimum Gasteiger partial charge on any atom is -0.324 e. The van der Waals surface area contributed by atoms with E-state index >= 15 is 0 Å². The van der Waals surface area contributed by atoms with Gasteiger partial charge in [0.2, 0.25) is 0 Å². The highest BCUT2D eigenvalue weighted by Gasteiger charge is 2.29. The Kier molecular flexibility index (Phi) is 2.04. The second kappa shape index (κ2) is 3.07. The summed E-state index contributed by atoms with van der Waals surface area (Å²) < 4.78 is 25.6. The second-order valence-electron chi connectivity index (χ2n) is 3.57. The maximum atomic E-state index is 12.8. The molecule has 0 amide bonds. The van der Waals surface area contributed by atoms with Crippen molar-refractivity contribution in [3.63, 3.8) is 0 Å². The summed E-state index contributed by atoms with van der Waals surface area (Å²) in [5.74, 6) is -0.682. The van der Waals surface area contributed by atoms with Crippen LogP contribution in [0.5, 0.6) is 0 Å². The summed E-state index contributed by atoms with van der Waals surface area (Å²) >= 11 is 0. The van der Waals surface area contributed by atoms with Crippen molar-refractivity contribution in [2.45, 2.75) is 18.9 Å². The molecule has 2 rings (SSSR count). The monoisotopic (exact) mass is 183 g/mol. The highest BCUT2D eigenvalue weighted by molar-refractivity contribution is 5.22. The molecule has 0 aliphatic heterocycles. The number of nitrogens with two attached hydrogens (primary N) is 1. The molecule has 0 heterocycles. The molecular weight excluding hydrogens is 172 g/mol. The van der Waals surface area contributed by atoms with Gasteiger partial charge in [-0.05, 0) is 36.5 Å². The van der Waals surface area contributed by atoms with Crippen molar-refractivity contribution >= 4 is 0 Å². The summed E-state index contributed by atoms with van der Waals surface area (Å²) in [5.41, 5.74) is 6.37. The van der Waals surface area contributed by atoms with Gasteiger partial charge in [-0.25, -0.2) is 8.78 Å². The van der Waals surface area contributed by atoms with Crippen LogP contribution in [-0.4, -0.2) is 0 Å². The number of halogens is 2. The third kappa shape index (κ3) is 1.86. The minimum absolute atomic E-state index is 0.204. The first-order valence-electron chi connectivity index (χ1n) is 4.38. The summed E-state index contributed by atoms with van der Waals surface area (Å²) in [5, 5.41) is 0. The van der Waals surface area contributed by atoms with E-state index in [2.05, 4.69) is 0 Å². The van der Waals surface area contributed by atoms with Gasteiger partial charge in [-0.2, -0.15) is 0 Å². The van der Waals surface area contributed by atoms with Crippen LogP contribution < -0.4 is 5.73 Å². The fourth-order valence-electron chi connectivity index (χ4n) is 1.50. The Bertz CT molecular complexity index is 300. The SMILES string of the molecule is N[C@@H](c1cc(F)cc(F)c1)C1CC1. The molecule has 1 aliphatic carbocycles. The zero-order valence-electron chi connectivity index (χ0n) is 7.13. The van der Waals surface area contributed by atoms with Gasteiger partial charge in [0, 0.05) is 12.1 Å². The zero-order valence-corrected chi connectivity index (χ0v) is 7.13. The lowest BCUT2D eigenvalue weighted by molar-refractivity contribution is 0.563. The van der Waals surface area contributed by atoms with Gasteiger partial charge in [0.15, 0.2) is 0 Å². The van der Waals surface area contributed by atoms with E-state index in [1.54, 1.807) is 0 Å². The molecule has 70 valence electrons. The van der Waals surface area contributed by atoms with Gasteiger partial charge < -0.3 is 5.73 Å². The van der Waals surface area contributed by atoms with E-state index in [0.29, 0.717) is 11.5 Å². The van der Waals surface area contributed by atoms with Crippen LogP contribution in [0.3, 0.4) is 0 Å². The standard InChI is InChI=1S/C10H11F2N/c11-8-3-7(4-9(12)5-8)10(13)6-1-2-6/h3-6,10H,1-2,13H2/t10-/m1/s1. The number of benzene rings is 1. The number of hydrogen-bond acceptors (Lipinski definition) is 1. The van der Waals surface area contributed by atoms with Crippen molar-refractivity contribution in [1.82, 2.24) is 0 Å². The van der Waals surface area contributed by atoms with Crippen molar-refractivity contribution < 1.29 is 8.78 Å². The van der Waals surface area contributed by atoms with Gasteiger partial charge in [0.05, 0.1) is 0 Å². The molecule has 0 aromatic heterocycles. The third-order valence-electron chi connectivity index (χ3n) is 2.40. The predicted molar refractivity (Wildman–Crippen MR) is 46.0 cm³/mol. The summed E-state index contributed by atoms with van der Waals surface area (Å²) in [6.07, 6.45) is 2.14. The van der Waals surface area contributed by atoms with Crippen LogP contribution in [0.15, 0.2) is 18.2 Å². The van der Waals surface area contributed by atoms with Crippen LogP contribution in [0.4, 0.5) is 8.78 Å². The van der Waals surface area contributed by atoms with E-state index in [-0.39, 0.29) is 6.04 Å². The molecule has 1 nitrogen and oxygen atoms in total. The Morgan fingerprint density at radius 1 is 1.15 bits per heavy atom. The molecule has 0 saturated heterocycles. The van der Waals surface area contributed by atoms with Gasteiger partial charge in [-0.1, -0.05) is 0 Å². The molecule has 1 fully saturated rings. The maximum Gasteiger partial charge on any atom is 0.126 e. The highest BCUT2D eigenvalue weighted by Crippen LogP contribution is 2.39. The van der Waals surface area contributed by atoms with Crippen molar-refractivity contribution in [2.24, 2.45) is 11.7 Å². The van der Waals surface area contributed by atoms with E-state index in [1.165, 1.54) is 12.1 Å². The van der Waals surface area contributed by atoms with Gasteiger partial charge in [0.1, 0.15) is 11.6 Å². The molecule has 3 heteroatoms. The van der Waals surface area contributed by atoms with Crippen molar-refractivity contribution in [3.05, 3.63) is 35.4 Å². The van der Waals surface area contributed by atoms with Crippen LogP contribution in [0.2, 0.25) is 0 Å². The Labute approximate surface area is 75.6 Å². The van der Waals surface area contributed by atoms with Gasteiger partial charge in [0.25, 0.3) is 0 Å². The minimum atomic E-state index is -0.550. The fraction of sp³-hybridized carbons (Fsp3) is 0.400. The van der Waals surface area contributed by atoms with E-state index in [4.69, 9.17) is 5.73 Å². The number of rotatable bonds is 2. The lowest BCUT2D eigenvalue weighted by Crippen LogP contribution is -2.12. The van der Waals surface area contributed by atoms with E-state index in [0.717, 1.165) is 18.9 Å². The molecule has 0 unspecified atom stereocenters.